The van der Waals surface area contributed by atoms with Crippen LogP contribution in [-0.2, 0) is 0 Å². The van der Waals surface area contributed by atoms with Crippen molar-refractivity contribution in [2.75, 3.05) is 0 Å². The lowest BCUT2D eigenvalue weighted by atomic mass is 10.2. The van der Waals surface area contributed by atoms with Crippen molar-refractivity contribution in [2.24, 2.45) is 0 Å². The van der Waals surface area contributed by atoms with E-state index in [1.165, 1.54) is 21.8 Å². The number of nitrogens with zero attached hydrogens (tertiary/aromatic N) is 1. The van der Waals surface area contributed by atoms with Crippen LogP contribution in [0.4, 0.5) is 0 Å². The van der Waals surface area contributed by atoms with Crippen LogP contribution in [-0.4, -0.2) is 4.57 Å². The topological polar surface area (TPSA) is 4.93 Å². The molecule has 1 aromatic heterocycles. The van der Waals surface area contributed by atoms with E-state index in [4.69, 9.17) is 6.42 Å². The molecule has 0 saturated heterocycles. The predicted molar refractivity (Wildman–Crippen MR) is 123 cm³/mol. The minimum atomic E-state index is 0.902. The predicted octanol–water partition coefficient (Wildman–Crippen LogP) is 7.21. The first-order valence-corrected chi connectivity index (χ1v) is 9.83. The molecule has 0 fully saturated rings. The van der Waals surface area contributed by atoms with Gasteiger partial charge in [-0.05, 0) is 48.5 Å². The molecule has 1 heterocycles. The third-order valence-electron chi connectivity index (χ3n) is 4.61. The molecule has 0 aliphatic heterocycles. The van der Waals surface area contributed by atoms with Crippen LogP contribution >= 0.6 is 15.9 Å². The van der Waals surface area contributed by atoms with Crippen LogP contribution in [0.15, 0.2) is 108 Å². The van der Waals surface area contributed by atoms with E-state index < -0.39 is 0 Å². The molecule has 0 aliphatic carbocycles. The minimum Gasteiger partial charge on any atom is -0.309 e. The van der Waals surface area contributed by atoms with E-state index in [1.807, 2.05) is 42.5 Å². The Morgan fingerprint density at radius 3 is 1.57 bits per heavy atom. The molecule has 28 heavy (non-hydrogen) atoms. The molecule has 4 aromatic carbocycles. The van der Waals surface area contributed by atoms with Gasteiger partial charge in [-0.2, -0.15) is 0 Å². The normalized spacial score (nSPS) is 10.3. The molecule has 0 N–H and O–H groups in total. The summed E-state index contributed by atoms with van der Waals surface area (Å²) in [7, 11) is 0. The summed E-state index contributed by atoms with van der Waals surface area (Å²) in [5.41, 5.74) is 4.46. The Kier molecular flexibility index (Phi) is 5.28. The highest BCUT2D eigenvalue weighted by Crippen LogP contribution is 2.31. The molecule has 1 nitrogen and oxygen atoms in total. The van der Waals surface area contributed by atoms with Gasteiger partial charge in [0.15, 0.2) is 0 Å². The van der Waals surface area contributed by atoms with Gasteiger partial charge in [0.2, 0.25) is 0 Å². The van der Waals surface area contributed by atoms with Crippen LogP contribution < -0.4 is 0 Å². The van der Waals surface area contributed by atoms with Gasteiger partial charge in [-0.25, -0.2) is 0 Å². The summed E-state index contributed by atoms with van der Waals surface area (Å²) < 4.78 is 3.42. The summed E-state index contributed by atoms with van der Waals surface area (Å²) in [4.78, 5) is 0. The number of rotatable bonds is 1. The van der Waals surface area contributed by atoms with E-state index in [0.717, 1.165) is 15.7 Å². The lowest BCUT2D eigenvalue weighted by molar-refractivity contribution is 1.18. The first kappa shape index (κ1) is 18.1. The minimum absolute atomic E-state index is 0.902. The van der Waals surface area contributed by atoms with Gasteiger partial charge in [-0.1, -0.05) is 76.4 Å². The number of benzene rings is 4. The zero-order chi connectivity index (χ0) is 19.3. The van der Waals surface area contributed by atoms with Crippen LogP contribution in [0.5, 0.6) is 0 Å². The van der Waals surface area contributed by atoms with Crippen LogP contribution in [0.1, 0.15) is 5.56 Å². The summed E-state index contributed by atoms with van der Waals surface area (Å²) in [6.45, 7) is 0. The van der Waals surface area contributed by atoms with Gasteiger partial charge in [0.05, 0.1) is 11.0 Å². The van der Waals surface area contributed by atoms with E-state index in [-0.39, 0.29) is 0 Å². The van der Waals surface area contributed by atoms with Crippen molar-refractivity contribution in [1.82, 2.24) is 4.57 Å². The van der Waals surface area contributed by atoms with Crippen molar-refractivity contribution in [2.45, 2.75) is 0 Å². The molecule has 0 radical (unpaired) electrons. The maximum absolute atomic E-state index is 5.44. The van der Waals surface area contributed by atoms with Crippen LogP contribution in [0, 0.1) is 12.3 Å². The molecule has 0 spiro atoms. The first-order chi connectivity index (χ1) is 13.8. The average Bonchev–Trinajstić information content (AvgIpc) is 3.09. The third kappa shape index (κ3) is 3.58. The fourth-order valence-corrected chi connectivity index (χ4v) is 3.63. The number of hydrogen-bond acceptors (Lipinski definition) is 0. The Hall–Kier alpha value is -3.28. The standard InChI is InChI=1S/C20H13N.C6H5Br/c1-2-15-11-13-16(14-12-15)21-19-9-5-3-7-17(19)18-8-4-6-10-20(18)21;7-6-4-2-1-3-5-6/h1,3-14H;1-5H. The van der Waals surface area contributed by atoms with Crippen molar-refractivity contribution >= 4 is 37.7 Å². The fourth-order valence-electron chi connectivity index (χ4n) is 3.32. The second kappa shape index (κ2) is 8.17. The number of para-hydroxylation sites is 2. The highest BCUT2D eigenvalue weighted by Gasteiger charge is 2.10. The summed E-state index contributed by atoms with van der Waals surface area (Å²) in [5, 5.41) is 2.54. The molecule has 134 valence electrons. The maximum Gasteiger partial charge on any atom is 0.0541 e. The van der Waals surface area contributed by atoms with Crippen molar-refractivity contribution in [3.63, 3.8) is 0 Å². The second-order valence-electron chi connectivity index (χ2n) is 6.36. The van der Waals surface area contributed by atoms with Crippen LogP contribution in [0.25, 0.3) is 27.5 Å². The van der Waals surface area contributed by atoms with Crippen molar-refractivity contribution in [3.05, 3.63) is 113 Å². The van der Waals surface area contributed by atoms with Gasteiger partial charge in [0.1, 0.15) is 0 Å². The molecule has 0 bridgehead atoms. The first-order valence-electron chi connectivity index (χ1n) is 9.04. The molecule has 5 rings (SSSR count). The Bertz CT molecular complexity index is 1210. The highest BCUT2D eigenvalue weighted by atomic mass is 79.9. The molecule has 0 atom stereocenters. The molecule has 5 aromatic rings. The maximum atomic E-state index is 5.44. The summed E-state index contributed by atoms with van der Waals surface area (Å²) in [6, 6.07) is 35.1. The lowest BCUT2D eigenvalue weighted by Gasteiger charge is -2.07. The fraction of sp³-hybridized carbons (Fsp3) is 0. The van der Waals surface area contributed by atoms with Gasteiger partial charge in [0.25, 0.3) is 0 Å². The molecular weight excluding hydrogens is 406 g/mol. The summed E-state index contributed by atoms with van der Waals surface area (Å²) in [6.07, 6.45) is 5.44. The quantitative estimate of drug-likeness (QED) is 0.251. The van der Waals surface area contributed by atoms with Crippen LogP contribution in [0.2, 0.25) is 0 Å². The smallest absolute Gasteiger partial charge is 0.0541 e. The van der Waals surface area contributed by atoms with Gasteiger partial charge >= 0.3 is 0 Å². The molecule has 2 heteroatoms. The van der Waals surface area contributed by atoms with E-state index in [2.05, 4.69) is 87.1 Å². The van der Waals surface area contributed by atoms with E-state index in [0.29, 0.717) is 0 Å². The molecule has 0 aliphatic rings. The summed E-state index contributed by atoms with van der Waals surface area (Å²) >= 11 is 3.31. The number of hydrogen-bond donors (Lipinski definition) is 0. The zero-order valence-corrected chi connectivity index (χ0v) is 16.8. The van der Waals surface area contributed by atoms with Gasteiger partial charge in [-0.3, -0.25) is 0 Å². The van der Waals surface area contributed by atoms with Gasteiger partial charge < -0.3 is 4.57 Å². The second-order valence-corrected chi connectivity index (χ2v) is 7.27. The SMILES string of the molecule is Brc1ccccc1.C#Cc1ccc(-n2c3ccccc3c3ccccc32)cc1. The Morgan fingerprint density at radius 1 is 0.607 bits per heavy atom. The molecule has 0 amide bonds. The average molecular weight is 424 g/mol. The Balaban J connectivity index is 0.000000233. The van der Waals surface area contributed by atoms with Gasteiger partial charge in [-0.15, -0.1) is 6.42 Å². The van der Waals surface area contributed by atoms with E-state index in [9.17, 15) is 0 Å². The third-order valence-corrected chi connectivity index (χ3v) is 5.13. The Morgan fingerprint density at radius 2 is 1.11 bits per heavy atom. The zero-order valence-electron chi connectivity index (χ0n) is 15.2. The lowest BCUT2D eigenvalue weighted by Crippen LogP contribution is -1.93. The largest absolute Gasteiger partial charge is 0.309 e. The van der Waals surface area contributed by atoms with Crippen LogP contribution in [0.3, 0.4) is 0 Å². The molecule has 0 saturated carbocycles. The van der Waals surface area contributed by atoms with E-state index in [1.54, 1.807) is 0 Å². The summed E-state index contributed by atoms with van der Waals surface area (Å²) in [5.74, 6) is 2.66. The number of aromatic nitrogens is 1. The van der Waals surface area contributed by atoms with E-state index >= 15 is 0 Å². The van der Waals surface area contributed by atoms with Gasteiger partial charge in [0, 0.05) is 26.5 Å². The van der Waals surface area contributed by atoms with Crippen molar-refractivity contribution < 1.29 is 0 Å². The van der Waals surface area contributed by atoms with Crippen molar-refractivity contribution in [1.29, 1.82) is 0 Å². The van der Waals surface area contributed by atoms with Crippen molar-refractivity contribution in [3.8, 4) is 18.0 Å². The molecular formula is C26H18BrN. The monoisotopic (exact) mass is 423 g/mol. The molecule has 0 unspecified atom stereocenters. The highest BCUT2D eigenvalue weighted by molar-refractivity contribution is 9.10. The number of fused-ring (bicyclic) bond motifs is 3. The Labute approximate surface area is 173 Å². The number of halogens is 1. The number of terminal acetylenes is 1.